The summed E-state index contributed by atoms with van der Waals surface area (Å²) in [5.41, 5.74) is -0.221. The fourth-order valence-electron chi connectivity index (χ4n) is 2.22. The SMILES string of the molecule is CN(CC(=O)NC1CC1)C(=O)c1cncc2[nH]c(C(F)(F)F)nc12. The number of H-pyrrole nitrogens is 1. The highest BCUT2D eigenvalue weighted by atomic mass is 19.4. The molecule has 2 aromatic rings. The molecule has 2 aromatic heterocycles. The molecule has 1 saturated carbocycles. The molecule has 24 heavy (non-hydrogen) atoms. The van der Waals surface area contributed by atoms with Crippen LogP contribution in [0.15, 0.2) is 12.4 Å². The number of alkyl halides is 3. The van der Waals surface area contributed by atoms with Crippen LogP contribution in [-0.2, 0) is 11.0 Å². The third-order valence-electron chi connectivity index (χ3n) is 3.56. The predicted molar refractivity (Wildman–Crippen MR) is 77.0 cm³/mol. The second-order valence-corrected chi connectivity index (χ2v) is 5.67. The first-order valence-electron chi connectivity index (χ1n) is 7.21. The predicted octanol–water partition coefficient (Wildman–Crippen LogP) is 1.33. The van der Waals surface area contributed by atoms with Crippen LogP contribution in [0.2, 0.25) is 0 Å². The zero-order valence-electron chi connectivity index (χ0n) is 12.6. The molecule has 0 radical (unpaired) electrons. The van der Waals surface area contributed by atoms with E-state index in [1.165, 1.54) is 7.05 Å². The zero-order chi connectivity index (χ0) is 17.5. The fourth-order valence-corrected chi connectivity index (χ4v) is 2.22. The Morgan fingerprint density at radius 1 is 1.38 bits per heavy atom. The monoisotopic (exact) mass is 341 g/mol. The van der Waals surface area contributed by atoms with Gasteiger partial charge in [0.1, 0.15) is 5.52 Å². The van der Waals surface area contributed by atoms with Crippen molar-refractivity contribution in [3.8, 4) is 0 Å². The molecule has 0 spiro atoms. The van der Waals surface area contributed by atoms with E-state index in [-0.39, 0.29) is 35.1 Å². The van der Waals surface area contributed by atoms with Crippen LogP contribution in [0.3, 0.4) is 0 Å². The van der Waals surface area contributed by atoms with Crippen molar-refractivity contribution in [2.75, 3.05) is 13.6 Å². The van der Waals surface area contributed by atoms with Gasteiger partial charge in [0.25, 0.3) is 5.91 Å². The van der Waals surface area contributed by atoms with Crippen molar-refractivity contribution in [3.05, 3.63) is 23.8 Å². The van der Waals surface area contributed by atoms with Crippen molar-refractivity contribution in [2.45, 2.75) is 25.1 Å². The van der Waals surface area contributed by atoms with Crippen LogP contribution < -0.4 is 5.32 Å². The Hall–Kier alpha value is -2.65. The second kappa shape index (κ2) is 5.77. The fraction of sp³-hybridized carbons (Fsp3) is 0.429. The van der Waals surface area contributed by atoms with E-state index in [4.69, 9.17) is 0 Å². The Morgan fingerprint density at radius 2 is 2.08 bits per heavy atom. The number of nitrogens with one attached hydrogen (secondary N) is 2. The first-order chi connectivity index (χ1) is 11.3. The van der Waals surface area contributed by atoms with Crippen molar-refractivity contribution in [1.82, 2.24) is 25.2 Å². The lowest BCUT2D eigenvalue weighted by Crippen LogP contribution is -2.39. The van der Waals surface area contributed by atoms with Gasteiger partial charge in [0.2, 0.25) is 11.7 Å². The van der Waals surface area contributed by atoms with Crippen molar-refractivity contribution in [2.24, 2.45) is 0 Å². The van der Waals surface area contributed by atoms with Crippen LogP contribution in [0.25, 0.3) is 11.0 Å². The first-order valence-corrected chi connectivity index (χ1v) is 7.21. The molecule has 7 nitrogen and oxygen atoms in total. The summed E-state index contributed by atoms with van der Waals surface area (Å²) in [6, 6.07) is 0.159. The molecule has 10 heteroatoms. The van der Waals surface area contributed by atoms with Gasteiger partial charge in [-0.25, -0.2) is 4.98 Å². The van der Waals surface area contributed by atoms with Crippen LogP contribution in [0.5, 0.6) is 0 Å². The standard InChI is InChI=1S/C14H14F3N5O2/c1-22(6-10(23)19-7-2-3-7)12(24)8-4-18-5-9-11(8)21-13(20-9)14(15,16)17/h4-5,7H,2-3,6H2,1H3,(H,19,23)(H,20,21). The van der Waals surface area contributed by atoms with Crippen LogP contribution >= 0.6 is 0 Å². The Balaban J connectivity index is 1.83. The number of nitrogens with zero attached hydrogens (tertiary/aromatic N) is 3. The molecule has 2 heterocycles. The molecule has 2 amide bonds. The normalized spacial score (nSPS) is 14.7. The number of likely N-dealkylation sites (N-methyl/N-ethyl adjacent to an activating group) is 1. The second-order valence-electron chi connectivity index (χ2n) is 5.67. The average molecular weight is 341 g/mol. The van der Waals surface area contributed by atoms with Crippen LogP contribution in [-0.4, -0.2) is 51.3 Å². The number of amides is 2. The molecule has 0 unspecified atom stereocenters. The molecule has 1 fully saturated rings. The minimum atomic E-state index is -4.66. The topological polar surface area (TPSA) is 91.0 Å². The molecule has 1 aliphatic rings. The van der Waals surface area contributed by atoms with Gasteiger partial charge in [-0.3, -0.25) is 14.6 Å². The van der Waals surface area contributed by atoms with Gasteiger partial charge in [-0.1, -0.05) is 0 Å². The van der Waals surface area contributed by atoms with E-state index in [0.29, 0.717) is 0 Å². The molecule has 0 aromatic carbocycles. The minimum Gasteiger partial charge on any atom is -0.352 e. The number of fused-ring (bicyclic) bond motifs is 1. The summed E-state index contributed by atoms with van der Waals surface area (Å²) in [5.74, 6) is -2.14. The molecule has 0 bridgehead atoms. The number of rotatable bonds is 4. The molecule has 0 saturated heterocycles. The minimum absolute atomic E-state index is 0.00371. The third-order valence-corrected chi connectivity index (χ3v) is 3.56. The quantitative estimate of drug-likeness (QED) is 0.878. The molecule has 2 N–H and O–H groups in total. The Labute approximate surface area is 134 Å². The lowest BCUT2D eigenvalue weighted by Gasteiger charge is -2.16. The van der Waals surface area contributed by atoms with E-state index in [2.05, 4.69) is 20.3 Å². The van der Waals surface area contributed by atoms with Crippen molar-refractivity contribution >= 4 is 22.8 Å². The number of carbonyl (C=O) groups is 2. The van der Waals surface area contributed by atoms with Gasteiger partial charge in [0.15, 0.2) is 0 Å². The van der Waals surface area contributed by atoms with E-state index in [0.717, 1.165) is 30.1 Å². The molecule has 128 valence electrons. The molecular weight excluding hydrogens is 327 g/mol. The Bertz CT molecular complexity index is 797. The van der Waals surface area contributed by atoms with Gasteiger partial charge >= 0.3 is 6.18 Å². The number of imidazole rings is 1. The molecular formula is C14H14F3N5O2. The van der Waals surface area contributed by atoms with E-state index in [9.17, 15) is 22.8 Å². The zero-order valence-corrected chi connectivity index (χ0v) is 12.6. The lowest BCUT2D eigenvalue weighted by molar-refractivity contribution is -0.144. The van der Waals surface area contributed by atoms with Crippen molar-refractivity contribution < 1.29 is 22.8 Å². The number of aromatic nitrogens is 3. The van der Waals surface area contributed by atoms with Crippen LogP contribution in [0, 0.1) is 0 Å². The summed E-state index contributed by atoms with van der Waals surface area (Å²) in [7, 11) is 1.39. The molecule has 0 atom stereocenters. The largest absolute Gasteiger partial charge is 0.449 e. The van der Waals surface area contributed by atoms with Gasteiger partial charge < -0.3 is 15.2 Å². The Kier molecular flexibility index (Phi) is 3.90. The molecule has 3 rings (SSSR count). The number of halogens is 3. The number of carbonyl (C=O) groups excluding carboxylic acids is 2. The Morgan fingerprint density at radius 3 is 2.71 bits per heavy atom. The van der Waals surface area contributed by atoms with Gasteiger partial charge in [0.05, 0.1) is 23.8 Å². The highest BCUT2D eigenvalue weighted by Crippen LogP contribution is 2.29. The summed E-state index contributed by atoms with van der Waals surface area (Å²) in [6.07, 6.45) is -0.523. The summed E-state index contributed by atoms with van der Waals surface area (Å²) < 4.78 is 38.3. The maximum Gasteiger partial charge on any atom is 0.449 e. The molecule has 0 aliphatic heterocycles. The summed E-state index contributed by atoms with van der Waals surface area (Å²) in [6.45, 7) is -0.192. The van der Waals surface area contributed by atoms with Crippen molar-refractivity contribution in [3.63, 3.8) is 0 Å². The maximum absolute atomic E-state index is 12.8. The number of hydrogen-bond acceptors (Lipinski definition) is 4. The lowest BCUT2D eigenvalue weighted by atomic mass is 10.2. The first kappa shape index (κ1) is 16.2. The summed E-state index contributed by atoms with van der Waals surface area (Å²) in [5, 5.41) is 2.73. The average Bonchev–Trinajstić information content (AvgIpc) is 3.18. The number of pyridine rings is 1. The maximum atomic E-state index is 12.8. The highest BCUT2D eigenvalue weighted by Gasteiger charge is 2.35. The van der Waals surface area contributed by atoms with E-state index >= 15 is 0 Å². The third kappa shape index (κ3) is 3.31. The molecule has 1 aliphatic carbocycles. The van der Waals surface area contributed by atoms with Crippen LogP contribution in [0.4, 0.5) is 13.2 Å². The van der Waals surface area contributed by atoms with E-state index < -0.39 is 17.9 Å². The van der Waals surface area contributed by atoms with Crippen LogP contribution in [0.1, 0.15) is 29.0 Å². The van der Waals surface area contributed by atoms with Gasteiger partial charge in [-0.05, 0) is 12.8 Å². The smallest absolute Gasteiger partial charge is 0.352 e. The van der Waals surface area contributed by atoms with Gasteiger partial charge in [-0.15, -0.1) is 0 Å². The van der Waals surface area contributed by atoms with Gasteiger partial charge in [0, 0.05) is 19.3 Å². The number of aromatic amines is 1. The van der Waals surface area contributed by atoms with E-state index in [1.54, 1.807) is 0 Å². The summed E-state index contributed by atoms with van der Waals surface area (Å²) >= 11 is 0. The van der Waals surface area contributed by atoms with E-state index in [1.807, 2.05) is 0 Å². The van der Waals surface area contributed by atoms with Gasteiger partial charge in [-0.2, -0.15) is 13.2 Å². The number of hydrogen-bond donors (Lipinski definition) is 2. The highest BCUT2D eigenvalue weighted by molar-refractivity contribution is 6.05. The summed E-state index contributed by atoms with van der Waals surface area (Å²) in [4.78, 5) is 34.6. The van der Waals surface area contributed by atoms with Crippen molar-refractivity contribution in [1.29, 1.82) is 0 Å².